The van der Waals surface area contributed by atoms with Crippen LogP contribution in [0.15, 0.2) is 59.5 Å². The number of para-hydroxylation sites is 1. The smallest absolute Gasteiger partial charge is 0.304 e. The number of carbonyl (C=O) groups is 1. The number of nitrogens with zero attached hydrogens (tertiary/aromatic N) is 2. The zero-order valence-corrected chi connectivity index (χ0v) is 24.4. The number of nitrogens with two attached hydrogens (primary N) is 2. The maximum Gasteiger partial charge on any atom is 0.304 e. The summed E-state index contributed by atoms with van der Waals surface area (Å²) < 4.78 is 39.5. The van der Waals surface area contributed by atoms with E-state index in [-0.39, 0.29) is 31.0 Å². The number of hydrogen-bond acceptors (Lipinski definition) is 8. The first-order chi connectivity index (χ1) is 19.0. The number of sulfonamides is 1. The van der Waals surface area contributed by atoms with Crippen LogP contribution in [-0.2, 0) is 21.4 Å². The predicted octanol–water partition coefficient (Wildman–Crippen LogP) is 4.11. The van der Waals surface area contributed by atoms with Gasteiger partial charge in [0.2, 0.25) is 10.0 Å². The second-order valence-corrected chi connectivity index (χ2v) is 11.1. The van der Waals surface area contributed by atoms with Crippen molar-refractivity contribution >= 4 is 27.4 Å². The van der Waals surface area contributed by atoms with Crippen LogP contribution >= 0.6 is 0 Å². The second kappa shape index (κ2) is 13.0. The molecule has 5 N–H and O–H groups in total. The Labute approximate surface area is 236 Å². The van der Waals surface area contributed by atoms with E-state index in [4.69, 9.17) is 21.1 Å². The average Bonchev–Trinajstić information content (AvgIpc) is 3.04. The number of nitrogen functional groups attached to an aromatic ring is 1. The Morgan fingerprint density at radius 1 is 1.15 bits per heavy atom. The van der Waals surface area contributed by atoms with Crippen molar-refractivity contribution in [2.75, 3.05) is 38.1 Å². The first kappa shape index (κ1) is 30.7. The van der Waals surface area contributed by atoms with E-state index in [2.05, 4.69) is 0 Å². The lowest BCUT2D eigenvalue weighted by atomic mass is 9.86. The van der Waals surface area contributed by atoms with Crippen LogP contribution in [0.4, 0.5) is 11.4 Å². The van der Waals surface area contributed by atoms with E-state index < -0.39 is 21.9 Å². The van der Waals surface area contributed by atoms with Crippen LogP contribution in [-0.4, -0.2) is 51.1 Å². The van der Waals surface area contributed by atoms with E-state index in [1.165, 1.54) is 22.5 Å². The molecule has 10 nitrogen and oxygen atoms in total. The molecule has 0 saturated heterocycles. The van der Waals surface area contributed by atoms with Gasteiger partial charge in [0.15, 0.2) is 0 Å². The number of benzene rings is 3. The highest BCUT2D eigenvalue weighted by molar-refractivity contribution is 7.89. The van der Waals surface area contributed by atoms with Gasteiger partial charge >= 0.3 is 5.97 Å². The number of rotatable bonds is 8. The maximum absolute atomic E-state index is 13.4. The molecule has 1 heterocycles. The van der Waals surface area contributed by atoms with Crippen molar-refractivity contribution < 1.29 is 27.8 Å². The number of methoxy groups -OCH3 is 1. The standard InChI is InChI=1S/C27H32N4O6S.C2H6/c1-17-8-9-18(21(15-26(32)33)19-13-22(28)27(30(2)29)24(14-19)36-3)12-20(17)16-31-10-11-37-23-6-4-5-7-25(23)38(31,34)35;1-2/h4-9,12-14,21H,10-11,15-16,28-29H2,1-3H3,(H,32,33);1-2H3. The highest BCUT2D eigenvalue weighted by Crippen LogP contribution is 2.39. The van der Waals surface area contributed by atoms with Gasteiger partial charge in [-0.3, -0.25) is 4.79 Å². The van der Waals surface area contributed by atoms with E-state index in [1.807, 2.05) is 39.0 Å². The average molecular weight is 571 g/mol. The van der Waals surface area contributed by atoms with Gasteiger partial charge in [0.25, 0.3) is 0 Å². The van der Waals surface area contributed by atoms with Gasteiger partial charge in [-0.15, -0.1) is 0 Å². The number of hydrazine groups is 1. The minimum Gasteiger partial charge on any atom is -0.494 e. The molecule has 1 unspecified atom stereocenters. The molecule has 0 saturated carbocycles. The van der Waals surface area contributed by atoms with Crippen molar-refractivity contribution in [2.45, 2.75) is 44.6 Å². The van der Waals surface area contributed by atoms with Gasteiger partial charge in [-0.1, -0.05) is 44.2 Å². The Balaban J connectivity index is 0.00000216. The maximum atomic E-state index is 13.4. The third-order valence-electron chi connectivity index (χ3n) is 6.67. The molecule has 0 fully saturated rings. The number of ether oxygens (including phenoxy) is 2. The summed E-state index contributed by atoms with van der Waals surface area (Å²) in [7, 11) is -0.676. The molecule has 11 heteroatoms. The lowest BCUT2D eigenvalue weighted by Gasteiger charge is -2.24. The molecule has 0 aromatic heterocycles. The highest BCUT2D eigenvalue weighted by atomic mass is 32.2. The molecule has 4 rings (SSSR count). The minimum absolute atomic E-state index is 0.113. The van der Waals surface area contributed by atoms with Crippen LogP contribution in [0.2, 0.25) is 0 Å². The van der Waals surface area contributed by atoms with Crippen LogP contribution in [0, 0.1) is 6.92 Å². The van der Waals surface area contributed by atoms with Crippen molar-refractivity contribution in [3.05, 3.63) is 76.9 Å². The molecule has 0 spiro atoms. The topological polar surface area (TPSA) is 148 Å². The Kier molecular flexibility index (Phi) is 10.0. The molecule has 0 radical (unpaired) electrons. The quantitative estimate of drug-likeness (QED) is 0.207. The van der Waals surface area contributed by atoms with Gasteiger partial charge in [0, 0.05) is 26.1 Å². The summed E-state index contributed by atoms with van der Waals surface area (Å²) >= 11 is 0. The molecule has 3 aromatic rings. The first-order valence-corrected chi connectivity index (χ1v) is 14.5. The van der Waals surface area contributed by atoms with Crippen LogP contribution in [0.3, 0.4) is 0 Å². The van der Waals surface area contributed by atoms with Crippen molar-refractivity contribution in [1.29, 1.82) is 0 Å². The number of carboxylic acid groups (broad SMARTS) is 1. The van der Waals surface area contributed by atoms with Crippen molar-refractivity contribution in [3.63, 3.8) is 0 Å². The third kappa shape index (κ3) is 6.49. The molecule has 3 aromatic carbocycles. The molecule has 0 amide bonds. The Morgan fingerprint density at radius 3 is 2.50 bits per heavy atom. The summed E-state index contributed by atoms with van der Waals surface area (Å²) in [6.45, 7) is 6.41. The first-order valence-electron chi connectivity index (χ1n) is 13.0. The summed E-state index contributed by atoms with van der Waals surface area (Å²) in [6.07, 6.45) is -0.202. The van der Waals surface area contributed by atoms with Gasteiger partial charge < -0.3 is 25.3 Å². The lowest BCUT2D eigenvalue weighted by Crippen LogP contribution is -2.32. The fourth-order valence-corrected chi connectivity index (χ4v) is 6.25. The number of hydrogen-bond donors (Lipinski definition) is 3. The summed E-state index contributed by atoms with van der Waals surface area (Å²) in [5.41, 5.74) is 10.1. The van der Waals surface area contributed by atoms with Crippen LogP contribution in [0.25, 0.3) is 0 Å². The summed E-state index contributed by atoms with van der Waals surface area (Å²) in [5, 5.41) is 11.1. The second-order valence-electron chi connectivity index (χ2n) is 9.24. The largest absolute Gasteiger partial charge is 0.494 e. The van der Waals surface area contributed by atoms with Gasteiger partial charge in [0.1, 0.15) is 28.7 Å². The minimum atomic E-state index is -3.80. The molecule has 216 valence electrons. The molecule has 1 aliphatic heterocycles. The number of fused-ring (bicyclic) bond motifs is 1. The van der Waals surface area contributed by atoms with E-state index in [0.29, 0.717) is 34.0 Å². The molecular weight excluding hydrogens is 532 g/mol. The molecule has 1 atom stereocenters. The van der Waals surface area contributed by atoms with Gasteiger partial charge in [-0.05, 0) is 53.4 Å². The van der Waals surface area contributed by atoms with Crippen molar-refractivity contribution in [3.8, 4) is 11.5 Å². The Hall–Kier alpha value is -3.80. The zero-order valence-electron chi connectivity index (χ0n) is 23.5. The third-order valence-corrected chi connectivity index (χ3v) is 8.55. The molecule has 1 aliphatic rings. The zero-order chi connectivity index (χ0) is 29.6. The SMILES string of the molecule is CC.COc1cc(C(CC(=O)O)c2ccc(C)c(CN3CCOc4ccccc4S3(=O)=O)c2)cc(N)c1N(C)N. The molecule has 0 bridgehead atoms. The fourth-order valence-electron chi connectivity index (χ4n) is 4.72. The van der Waals surface area contributed by atoms with E-state index in [1.54, 1.807) is 37.4 Å². The predicted molar refractivity (Wildman–Crippen MR) is 156 cm³/mol. The number of carboxylic acids is 1. The number of aryl methyl sites for hydroxylation is 1. The monoisotopic (exact) mass is 570 g/mol. The van der Waals surface area contributed by atoms with E-state index in [0.717, 1.165) is 11.1 Å². The normalized spacial score (nSPS) is 14.9. The van der Waals surface area contributed by atoms with Crippen molar-refractivity contribution in [1.82, 2.24) is 4.31 Å². The van der Waals surface area contributed by atoms with Crippen LogP contribution in [0.1, 0.15) is 48.4 Å². The van der Waals surface area contributed by atoms with Crippen LogP contribution < -0.4 is 26.1 Å². The van der Waals surface area contributed by atoms with Gasteiger partial charge in [-0.25, -0.2) is 14.3 Å². The van der Waals surface area contributed by atoms with E-state index >= 15 is 0 Å². The summed E-state index contributed by atoms with van der Waals surface area (Å²) in [6, 6.07) is 15.6. The van der Waals surface area contributed by atoms with Gasteiger partial charge in [0.05, 0.1) is 19.2 Å². The molecular formula is C29H38N4O6S. The van der Waals surface area contributed by atoms with Crippen LogP contribution in [0.5, 0.6) is 11.5 Å². The summed E-state index contributed by atoms with van der Waals surface area (Å²) in [4.78, 5) is 12.0. The summed E-state index contributed by atoms with van der Waals surface area (Å²) in [5.74, 6) is 5.11. The van der Waals surface area contributed by atoms with E-state index in [9.17, 15) is 18.3 Å². The van der Waals surface area contributed by atoms with Crippen molar-refractivity contribution in [2.24, 2.45) is 5.84 Å². The number of aliphatic carboxylic acids is 1. The highest BCUT2D eigenvalue weighted by Gasteiger charge is 2.31. The molecule has 0 aliphatic carbocycles. The number of anilines is 2. The Bertz CT molecular complexity index is 1460. The fraction of sp³-hybridized carbons (Fsp3) is 0.345. The molecule has 40 heavy (non-hydrogen) atoms. The van der Waals surface area contributed by atoms with Gasteiger partial charge in [-0.2, -0.15) is 4.31 Å². The lowest BCUT2D eigenvalue weighted by molar-refractivity contribution is -0.137. The Morgan fingerprint density at radius 2 is 1.85 bits per heavy atom.